The number of ether oxygens (including phenoxy) is 1. The van der Waals surface area contributed by atoms with Crippen molar-refractivity contribution in [1.29, 1.82) is 0 Å². The predicted molar refractivity (Wildman–Crippen MR) is 107 cm³/mol. The molecule has 2 aromatic rings. The molecular weight excluding hydrogens is 386 g/mol. The van der Waals surface area contributed by atoms with Crippen LogP contribution in [-0.4, -0.2) is 37.5 Å². The molecule has 1 heterocycles. The number of hydrogen-bond acceptors (Lipinski definition) is 3. The molecule has 1 N–H and O–H groups in total. The van der Waals surface area contributed by atoms with E-state index in [0.717, 1.165) is 51.0 Å². The summed E-state index contributed by atoms with van der Waals surface area (Å²) in [5.74, 6) is -0.418. The fourth-order valence-electron chi connectivity index (χ4n) is 3.31. The monoisotopic (exact) mass is 410 g/mol. The summed E-state index contributed by atoms with van der Waals surface area (Å²) in [6.07, 6.45) is 3.20. The van der Waals surface area contributed by atoms with Gasteiger partial charge in [0.15, 0.2) is 11.6 Å². The van der Waals surface area contributed by atoms with Gasteiger partial charge in [-0.15, -0.1) is 12.4 Å². The van der Waals surface area contributed by atoms with Crippen LogP contribution in [0.1, 0.15) is 29.6 Å². The van der Waals surface area contributed by atoms with Crippen LogP contribution >= 0.6 is 12.4 Å². The average Bonchev–Trinajstić information content (AvgIpc) is 2.69. The van der Waals surface area contributed by atoms with Crippen molar-refractivity contribution in [3.8, 4) is 11.5 Å². The van der Waals surface area contributed by atoms with E-state index in [4.69, 9.17) is 4.74 Å². The quantitative estimate of drug-likeness (QED) is 0.754. The van der Waals surface area contributed by atoms with Gasteiger partial charge in [-0.1, -0.05) is 0 Å². The van der Waals surface area contributed by atoms with E-state index in [1.165, 1.54) is 6.07 Å². The van der Waals surface area contributed by atoms with Crippen molar-refractivity contribution in [2.75, 3.05) is 26.7 Å². The van der Waals surface area contributed by atoms with Crippen LogP contribution in [0.3, 0.4) is 0 Å². The third-order valence-corrected chi connectivity index (χ3v) is 4.93. The number of halogens is 3. The number of carbonyl (C=O) groups excluding carboxylic acids is 1. The van der Waals surface area contributed by atoms with Gasteiger partial charge in [0.1, 0.15) is 11.6 Å². The van der Waals surface area contributed by atoms with Gasteiger partial charge >= 0.3 is 0 Å². The Hall–Kier alpha value is -2.18. The van der Waals surface area contributed by atoms with Crippen molar-refractivity contribution in [2.24, 2.45) is 5.92 Å². The molecule has 0 atom stereocenters. The first kappa shape index (κ1) is 22.1. The molecule has 2 aromatic carbocycles. The fourth-order valence-corrected chi connectivity index (χ4v) is 3.31. The minimum atomic E-state index is -0.767. The Kier molecular flexibility index (Phi) is 8.20. The van der Waals surface area contributed by atoms with Crippen molar-refractivity contribution in [3.05, 3.63) is 59.7 Å². The Labute approximate surface area is 170 Å². The third-order valence-electron chi connectivity index (χ3n) is 4.93. The second-order valence-electron chi connectivity index (χ2n) is 6.83. The second kappa shape index (κ2) is 10.4. The average molecular weight is 411 g/mol. The van der Waals surface area contributed by atoms with Crippen molar-refractivity contribution in [2.45, 2.75) is 19.3 Å². The van der Waals surface area contributed by atoms with Gasteiger partial charge in [0.25, 0.3) is 5.91 Å². The predicted octanol–water partition coefficient (Wildman–Crippen LogP) is 4.64. The maximum Gasteiger partial charge on any atom is 0.253 e. The fraction of sp³-hybridized carbons (Fsp3) is 0.381. The lowest BCUT2D eigenvalue weighted by Crippen LogP contribution is -2.38. The van der Waals surface area contributed by atoms with E-state index >= 15 is 0 Å². The van der Waals surface area contributed by atoms with Gasteiger partial charge in [0.05, 0.1) is 0 Å². The topological polar surface area (TPSA) is 41.6 Å². The molecule has 0 radical (unpaired) electrons. The minimum Gasteiger partial charge on any atom is -0.454 e. The molecule has 0 aromatic heterocycles. The highest BCUT2D eigenvalue weighted by Gasteiger charge is 2.23. The molecule has 0 aliphatic carbocycles. The number of hydrogen-bond donors (Lipinski definition) is 1. The smallest absolute Gasteiger partial charge is 0.253 e. The normalized spacial score (nSPS) is 14.5. The number of likely N-dealkylation sites (tertiary alicyclic amines) is 1. The SMILES string of the molecule is CNCCC1CCN(C(=O)c2ccc(Oc3ccc(F)cc3F)cc2)CC1.Cl. The zero-order chi connectivity index (χ0) is 19.2. The van der Waals surface area contributed by atoms with E-state index in [1.807, 2.05) is 11.9 Å². The Bertz CT molecular complexity index is 778. The molecule has 0 unspecified atom stereocenters. The molecule has 1 aliphatic heterocycles. The van der Waals surface area contributed by atoms with Crippen LogP contribution in [0.5, 0.6) is 11.5 Å². The largest absolute Gasteiger partial charge is 0.454 e. The maximum absolute atomic E-state index is 13.7. The summed E-state index contributed by atoms with van der Waals surface area (Å²) < 4.78 is 32.0. The molecule has 0 bridgehead atoms. The van der Waals surface area contributed by atoms with Crippen LogP contribution in [0.25, 0.3) is 0 Å². The third kappa shape index (κ3) is 5.66. The van der Waals surface area contributed by atoms with Gasteiger partial charge in [-0.05, 0) is 75.2 Å². The van der Waals surface area contributed by atoms with E-state index in [-0.39, 0.29) is 24.1 Å². The molecule has 0 spiro atoms. The molecule has 1 aliphatic rings. The highest BCUT2D eigenvalue weighted by molar-refractivity contribution is 5.94. The lowest BCUT2D eigenvalue weighted by atomic mass is 9.93. The van der Waals surface area contributed by atoms with Crippen molar-refractivity contribution < 1.29 is 18.3 Å². The number of nitrogens with zero attached hydrogens (tertiary/aromatic N) is 1. The molecule has 1 amide bonds. The number of benzene rings is 2. The number of piperidine rings is 1. The molecule has 152 valence electrons. The van der Waals surface area contributed by atoms with Crippen molar-refractivity contribution in [1.82, 2.24) is 10.2 Å². The summed E-state index contributed by atoms with van der Waals surface area (Å²) in [6.45, 7) is 2.55. The number of rotatable bonds is 6. The number of nitrogens with one attached hydrogen (secondary N) is 1. The molecule has 4 nitrogen and oxygen atoms in total. The standard InChI is InChI=1S/C21H24F2N2O2.ClH/c1-24-11-8-15-9-12-25(13-10-15)21(26)16-2-5-18(6-3-16)27-20-7-4-17(22)14-19(20)23;/h2-7,14-15,24H,8-13H2,1H3;1H. The Balaban J connectivity index is 0.00000280. The molecule has 1 fully saturated rings. The first-order valence-electron chi connectivity index (χ1n) is 9.23. The van der Waals surface area contributed by atoms with Gasteiger partial charge < -0.3 is 15.0 Å². The van der Waals surface area contributed by atoms with Gasteiger partial charge in [-0.2, -0.15) is 0 Å². The zero-order valence-corrected chi connectivity index (χ0v) is 16.6. The summed E-state index contributed by atoms with van der Waals surface area (Å²) in [7, 11) is 1.95. The van der Waals surface area contributed by atoms with E-state index in [9.17, 15) is 13.6 Å². The van der Waals surface area contributed by atoms with Crippen LogP contribution < -0.4 is 10.1 Å². The summed E-state index contributed by atoms with van der Waals surface area (Å²) in [6, 6.07) is 9.73. The van der Waals surface area contributed by atoms with Gasteiger partial charge in [0, 0.05) is 24.7 Å². The van der Waals surface area contributed by atoms with Gasteiger partial charge in [0.2, 0.25) is 0 Å². The zero-order valence-electron chi connectivity index (χ0n) is 15.8. The highest BCUT2D eigenvalue weighted by atomic mass is 35.5. The van der Waals surface area contributed by atoms with Crippen LogP contribution in [-0.2, 0) is 0 Å². The molecule has 3 rings (SSSR count). The van der Waals surface area contributed by atoms with Crippen LogP contribution in [0.2, 0.25) is 0 Å². The summed E-state index contributed by atoms with van der Waals surface area (Å²) in [4.78, 5) is 14.5. The molecule has 0 saturated carbocycles. The van der Waals surface area contributed by atoms with Crippen LogP contribution in [0.15, 0.2) is 42.5 Å². The van der Waals surface area contributed by atoms with Gasteiger partial charge in [-0.3, -0.25) is 4.79 Å². The molecular formula is C21H25ClF2N2O2. The van der Waals surface area contributed by atoms with Crippen LogP contribution in [0, 0.1) is 17.6 Å². The van der Waals surface area contributed by atoms with Crippen molar-refractivity contribution in [3.63, 3.8) is 0 Å². The van der Waals surface area contributed by atoms with Gasteiger partial charge in [-0.25, -0.2) is 8.78 Å². The van der Waals surface area contributed by atoms with Crippen molar-refractivity contribution >= 4 is 18.3 Å². The number of amides is 1. The van der Waals surface area contributed by atoms with E-state index in [0.29, 0.717) is 17.2 Å². The Morgan fingerprint density at radius 1 is 1.14 bits per heavy atom. The van der Waals surface area contributed by atoms with E-state index in [1.54, 1.807) is 24.3 Å². The lowest BCUT2D eigenvalue weighted by Gasteiger charge is -2.32. The number of carbonyl (C=O) groups is 1. The van der Waals surface area contributed by atoms with E-state index < -0.39 is 11.6 Å². The minimum absolute atomic E-state index is 0. The first-order chi connectivity index (χ1) is 13.1. The molecule has 28 heavy (non-hydrogen) atoms. The Morgan fingerprint density at radius 2 is 1.82 bits per heavy atom. The molecule has 1 saturated heterocycles. The summed E-state index contributed by atoms with van der Waals surface area (Å²) in [5, 5.41) is 3.17. The summed E-state index contributed by atoms with van der Waals surface area (Å²) >= 11 is 0. The first-order valence-corrected chi connectivity index (χ1v) is 9.23. The lowest BCUT2D eigenvalue weighted by molar-refractivity contribution is 0.0687. The van der Waals surface area contributed by atoms with E-state index in [2.05, 4.69) is 5.32 Å². The maximum atomic E-state index is 13.7. The second-order valence-corrected chi connectivity index (χ2v) is 6.83. The highest BCUT2D eigenvalue weighted by Crippen LogP contribution is 2.26. The van der Waals surface area contributed by atoms with Crippen LogP contribution in [0.4, 0.5) is 8.78 Å². The summed E-state index contributed by atoms with van der Waals surface area (Å²) in [5.41, 5.74) is 0.579. The Morgan fingerprint density at radius 3 is 2.43 bits per heavy atom. The molecule has 7 heteroatoms.